The molecule has 0 aromatic carbocycles. The number of esters is 1. The van der Waals surface area contributed by atoms with Gasteiger partial charge in [-0.2, -0.15) is 0 Å². The Kier molecular flexibility index (Phi) is 2.27. The Morgan fingerprint density at radius 1 is 1.70 bits per heavy atom. The molecular formula is C7H12O3. The van der Waals surface area contributed by atoms with Crippen LogP contribution in [0.2, 0.25) is 0 Å². The number of hydrogen-bond acceptors (Lipinski definition) is 3. The summed E-state index contributed by atoms with van der Waals surface area (Å²) in [6, 6.07) is 0. The van der Waals surface area contributed by atoms with Gasteiger partial charge in [-0.1, -0.05) is 0 Å². The zero-order chi connectivity index (χ0) is 7.56. The molecule has 1 aliphatic heterocycles. The number of cyclic esters (lactones) is 1. The van der Waals surface area contributed by atoms with Gasteiger partial charge < -0.3 is 9.47 Å². The van der Waals surface area contributed by atoms with Crippen molar-refractivity contribution in [1.29, 1.82) is 0 Å². The van der Waals surface area contributed by atoms with Crippen molar-refractivity contribution in [3.05, 3.63) is 0 Å². The summed E-state index contributed by atoms with van der Waals surface area (Å²) in [4.78, 5) is 10.5. The first kappa shape index (κ1) is 7.54. The van der Waals surface area contributed by atoms with Crippen LogP contribution >= 0.6 is 0 Å². The van der Waals surface area contributed by atoms with E-state index in [1.807, 2.05) is 13.8 Å². The number of carbonyl (C=O) groups is 1. The van der Waals surface area contributed by atoms with Crippen LogP contribution in [-0.4, -0.2) is 18.4 Å². The van der Waals surface area contributed by atoms with Gasteiger partial charge in [-0.15, -0.1) is 0 Å². The average Bonchev–Trinajstić information content (AvgIpc) is 2.13. The fourth-order valence-corrected chi connectivity index (χ4v) is 0.900. The van der Waals surface area contributed by atoms with Crippen LogP contribution in [0.5, 0.6) is 0 Å². The lowest BCUT2D eigenvalue weighted by Crippen LogP contribution is -2.16. The maximum Gasteiger partial charge on any atom is 0.308 e. The van der Waals surface area contributed by atoms with E-state index in [4.69, 9.17) is 9.47 Å². The van der Waals surface area contributed by atoms with Gasteiger partial charge in [-0.25, -0.2) is 0 Å². The minimum absolute atomic E-state index is 0.135. The summed E-state index contributed by atoms with van der Waals surface area (Å²) in [5.41, 5.74) is 0. The molecule has 0 saturated carbocycles. The predicted molar refractivity (Wildman–Crippen MR) is 35.3 cm³/mol. The van der Waals surface area contributed by atoms with Crippen molar-refractivity contribution >= 4 is 5.97 Å². The predicted octanol–water partition coefficient (Wildman–Crippen LogP) is 1.07. The molecule has 1 saturated heterocycles. The Bertz CT molecular complexity index is 131. The smallest absolute Gasteiger partial charge is 0.308 e. The molecule has 0 aliphatic carbocycles. The van der Waals surface area contributed by atoms with Gasteiger partial charge in [0.1, 0.15) is 0 Å². The van der Waals surface area contributed by atoms with Crippen LogP contribution in [0.4, 0.5) is 0 Å². The molecule has 10 heavy (non-hydrogen) atoms. The third-order valence-electron chi connectivity index (χ3n) is 1.27. The first-order valence-corrected chi connectivity index (χ1v) is 3.53. The molecule has 0 unspecified atom stereocenters. The largest absolute Gasteiger partial charge is 0.436 e. The van der Waals surface area contributed by atoms with Gasteiger partial charge in [-0.05, 0) is 13.8 Å². The summed E-state index contributed by atoms with van der Waals surface area (Å²) < 4.78 is 10.0. The van der Waals surface area contributed by atoms with Gasteiger partial charge in [0, 0.05) is 6.42 Å². The molecule has 0 aromatic heterocycles. The van der Waals surface area contributed by atoms with Crippen LogP contribution in [0.25, 0.3) is 0 Å². The van der Waals surface area contributed by atoms with E-state index in [0.29, 0.717) is 12.8 Å². The molecule has 3 heteroatoms. The lowest BCUT2D eigenvalue weighted by molar-refractivity contribution is -0.168. The molecule has 0 amide bonds. The van der Waals surface area contributed by atoms with E-state index in [1.54, 1.807) is 0 Å². The molecule has 1 atom stereocenters. The van der Waals surface area contributed by atoms with E-state index in [0.717, 1.165) is 0 Å². The van der Waals surface area contributed by atoms with Crippen molar-refractivity contribution in [2.75, 3.05) is 0 Å². The summed E-state index contributed by atoms with van der Waals surface area (Å²) in [6.07, 6.45) is 1.05. The summed E-state index contributed by atoms with van der Waals surface area (Å²) in [5, 5.41) is 0. The van der Waals surface area contributed by atoms with E-state index in [2.05, 4.69) is 0 Å². The van der Waals surface area contributed by atoms with E-state index in [9.17, 15) is 4.79 Å². The second kappa shape index (κ2) is 3.01. The molecule has 1 aliphatic rings. The number of hydrogen-bond donors (Lipinski definition) is 0. The van der Waals surface area contributed by atoms with E-state index >= 15 is 0 Å². The standard InChI is InChI=1S/C7H12O3/c1-5(2)9-7-4-3-6(8)10-7/h5,7H,3-4H2,1-2H3/t7-/m1/s1. The Morgan fingerprint density at radius 3 is 2.80 bits per heavy atom. The highest BCUT2D eigenvalue weighted by atomic mass is 16.7. The second-order valence-electron chi connectivity index (χ2n) is 2.64. The molecular weight excluding hydrogens is 132 g/mol. The van der Waals surface area contributed by atoms with Gasteiger partial charge in [0.25, 0.3) is 0 Å². The summed E-state index contributed by atoms with van der Waals surface area (Å²) >= 11 is 0. The highest BCUT2D eigenvalue weighted by Gasteiger charge is 2.24. The maximum atomic E-state index is 10.5. The van der Waals surface area contributed by atoms with Gasteiger partial charge in [-0.3, -0.25) is 4.79 Å². The fourth-order valence-electron chi connectivity index (χ4n) is 0.900. The number of rotatable bonds is 2. The average molecular weight is 144 g/mol. The molecule has 58 valence electrons. The Balaban J connectivity index is 2.24. The second-order valence-corrected chi connectivity index (χ2v) is 2.64. The molecule has 3 nitrogen and oxygen atoms in total. The molecule has 0 aromatic rings. The van der Waals surface area contributed by atoms with Crippen LogP contribution in [0, 0.1) is 0 Å². The van der Waals surface area contributed by atoms with Crippen molar-refractivity contribution in [3.8, 4) is 0 Å². The van der Waals surface area contributed by atoms with Crippen molar-refractivity contribution in [3.63, 3.8) is 0 Å². The SMILES string of the molecule is CC(C)O[C@H]1CCC(=O)O1. The minimum Gasteiger partial charge on any atom is -0.436 e. The number of carbonyl (C=O) groups excluding carboxylic acids is 1. The molecule has 0 spiro atoms. The quantitative estimate of drug-likeness (QED) is 0.544. The zero-order valence-electron chi connectivity index (χ0n) is 6.29. The number of ether oxygens (including phenoxy) is 2. The molecule has 1 heterocycles. The zero-order valence-corrected chi connectivity index (χ0v) is 6.29. The van der Waals surface area contributed by atoms with E-state index in [-0.39, 0.29) is 18.4 Å². The van der Waals surface area contributed by atoms with Crippen LogP contribution in [0.1, 0.15) is 26.7 Å². The first-order valence-electron chi connectivity index (χ1n) is 3.53. The maximum absolute atomic E-state index is 10.5. The lowest BCUT2D eigenvalue weighted by atomic mass is 10.3. The van der Waals surface area contributed by atoms with Crippen LogP contribution in [0.15, 0.2) is 0 Å². The highest BCUT2D eigenvalue weighted by Crippen LogP contribution is 2.15. The third kappa shape index (κ3) is 1.99. The summed E-state index contributed by atoms with van der Waals surface area (Å²) in [7, 11) is 0. The van der Waals surface area contributed by atoms with Gasteiger partial charge in [0.2, 0.25) is 6.29 Å². The van der Waals surface area contributed by atoms with Crippen LogP contribution in [-0.2, 0) is 14.3 Å². The van der Waals surface area contributed by atoms with E-state index < -0.39 is 0 Å². The molecule has 0 radical (unpaired) electrons. The summed E-state index contributed by atoms with van der Waals surface area (Å²) in [6.45, 7) is 3.85. The van der Waals surface area contributed by atoms with Gasteiger partial charge >= 0.3 is 5.97 Å². The van der Waals surface area contributed by atoms with Gasteiger partial charge in [0.05, 0.1) is 12.5 Å². The topological polar surface area (TPSA) is 35.5 Å². The third-order valence-corrected chi connectivity index (χ3v) is 1.27. The lowest BCUT2D eigenvalue weighted by Gasteiger charge is -2.12. The van der Waals surface area contributed by atoms with Crippen LogP contribution < -0.4 is 0 Å². The minimum atomic E-state index is -0.285. The molecule has 1 fully saturated rings. The Labute approximate surface area is 60.3 Å². The normalized spacial score (nSPS) is 25.5. The van der Waals surface area contributed by atoms with Gasteiger partial charge in [0.15, 0.2) is 0 Å². The van der Waals surface area contributed by atoms with E-state index in [1.165, 1.54) is 0 Å². The molecule has 1 rings (SSSR count). The van der Waals surface area contributed by atoms with Crippen molar-refractivity contribution in [1.82, 2.24) is 0 Å². The highest BCUT2D eigenvalue weighted by molar-refractivity contribution is 5.71. The van der Waals surface area contributed by atoms with Crippen LogP contribution in [0.3, 0.4) is 0 Å². The van der Waals surface area contributed by atoms with Crippen molar-refractivity contribution < 1.29 is 14.3 Å². The Morgan fingerprint density at radius 2 is 2.40 bits per heavy atom. The Hall–Kier alpha value is -0.570. The molecule has 0 N–H and O–H groups in total. The van der Waals surface area contributed by atoms with Crippen molar-refractivity contribution in [2.45, 2.75) is 39.1 Å². The van der Waals surface area contributed by atoms with Crippen molar-refractivity contribution in [2.24, 2.45) is 0 Å². The summed E-state index contributed by atoms with van der Waals surface area (Å²) in [5.74, 6) is -0.148. The first-order chi connectivity index (χ1) is 4.68. The molecule has 0 bridgehead atoms. The fraction of sp³-hybridized carbons (Fsp3) is 0.857. The monoisotopic (exact) mass is 144 g/mol.